The number of hydrogen-bond donors (Lipinski definition) is 2. The van der Waals surface area contributed by atoms with Gasteiger partial charge in [0.05, 0.1) is 0 Å². The van der Waals surface area contributed by atoms with Crippen LogP contribution in [-0.2, 0) is 16.6 Å². The van der Waals surface area contributed by atoms with Gasteiger partial charge in [-0.1, -0.05) is 23.1 Å². The molecule has 152 valence electrons. The number of carbonyl (C=O) groups is 3. The number of nitrogens with one attached hydrogen (secondary N) is 1. The molecule has 0 unspecified atom stereocenters. The van der Waals surface area contributed by atoms with E-state index in [0.29, 0.717) is 17.1 Å². The van der Waals surface area contributed by atoms with Crippen molar-refractivity contribution in [2.24, 2.45) is 7.05 Å². The van der Waals surface area contributed by atoms with E-state index >= 15 is 0 Å². The van der Waals surface area contributed by atoms with E-state index in [2.05, 4.69) is 20.6 Å². The second kappa shape index (κ2) is 7.80. The number of aryl methyl sites for hydroxylation is 2. The molecule has 0 aromatic carbocycles. The molecule has 29 heavy (non-hydrogen) atoms. The van der Waals surface area contributed by atoms with E-state index in [0.717, 1.165) is 9.35 Å². The van der Waals surface area contributed by atoms with E-state index in [9.17, 15) is 19.5 Å². The number of aromatic nitrogens is 4. The summed E-state index contributed by atoms with van der Waals surface area (Å²) in [5, 5.41) is 24.8. The SMILES string of the molecule is Cc1nnc(SCC2=C(C(=O)O)N3C(=O)[C@@H](NC(=O)c4ccn(C)n4)[C@H]3SC2)s1. The largest absolute Gasteiger partial charge is 0.477 e. The maximum Gasteiger partial charge on any atom is 0.352 e. The highest BCUT2D eigenvalue weighted by molar-refractivity contribution is 8.01. The highest BCUT2D eigenvalue weighted by atomic mass is 32.2. The van der Waals surface area contributed by atoms with Gasteiger partial charge in [0.15, 0.2) is 4.34 Å². The fourth-order valence-electron chi connectivity index (χ4n) is 3.03. The summed E-state index contributed by atoms with van der Waals surface area (Å²) in [5.41, 5.74) is 0.855. The van der Waals surface area contributed by atoms with Crippen LogP contribution in [0.4, 0.5) is 0 Å². The van der Waals surface area contributed by atoms with Crippen molar-refractivity contribution in [1.82, 2.24) is 30.2 Å². The van der Waals surface area contributed by atoms with Gasteiger partial charge in [0.1, 0.15) is 27.8 Å². The van der Waals surface area contributed by atoms with Gasteiger partial charge >= 0.3 is 5.97 Å². The lowest BCUT2D eigenvalue weighted by Gasteiger charge is -2.49. The van der Waals surface area contributed by atoms with Crippen LogP contribution in [0, 0.1) is 6.92 Å². The number of rotatable bonds is 6. The second-order valence-electron chi connectivity index (χ2n) is 6.37. The number of aliphatic carboxylic acids is 1. The van der Waals surface area contributed by atoms with Crippen molar-refractivity contribution in [3.63, 3.8) is 0 Å². The van der Waals surface area contributed by atoms with Crippen molar-refractivity contribution in [2.75, 3.05) is 11.5 Å². The van der Waals surface area contributed by atoms with Crippen LogP contribution >= 0.6 is 34.9 Å². The van der Waals surface area contributed by atoms with E-state index in [1.54, 1.807) is 19.3 Å². The first-order chi connectivity index (χ1) is 13.8. The summed E-state index contributed by atoms with van der Waals surface area (Å²) in [4.78, 5) is 38.1. The minimum Gasteiger partial charge on any atom is -0.477 e. The molecule has 1 saturated heterocycles. The molecule has 2 aromatic rings. The Morgan fingerprint density at radius 2 is 2.21 bits per heavy atom. The van der Waals surface area contributed by atoms with Gasteiger partial charge in [-0.15, -0.1) is 22.0 Å². The third-order valence-electron chi connectivity index (χ3n) is 4.36. The summed E-state index contributed by atoms with van der Waals surface area (Å²) in [6, 6.07) is 0.779. The van der Waals surface area contributed by atoms with Crippen LogP contribution < -0.4 is 5.32 Å². The molecule has 2 aliphatic rings. The van der Waals surface area contributed by atoms with Crippen molar-refractivity contribution < 1.29 is 19.5 Å². The summed E-state index contributed by atoms with van der Waals surface area (Å²) < 4.78 is 2.25. The Morgan fingerprint density at radius 1 is 1.41 bits per heavy atom. The molecule has 2 N–H and O–H groups in total. The van der Waals surface area contributed by atoms with Gasteiger partial charge in [-0.3, -0.25) is 19.2 Å². The normalized spacial score (nSPS) is 21.0. The van der Waals surface area contributed by atoms with Gasteiger partial charge in [-0.05, 0) is 18.6 Å². The maximum atomic E-state index is 12.7. The topological polar surface area (TPSA) is 130 Å². The highest BCUT2D eigenvalue weighted by Gasteiger charge is 2.54. The van der Waals surface area contributed by atoms with Crippen LogP contribution in [0.2, 0.25) is 0 Å². The summed E-state index contributed by atoms with van der Waals surface area (Å²) in [6.45, 7) is 1.85. The average Bonchev–Trinajstić information content (AvgIpc) is 3.31. The van der Waals surface area contributed by atoms with Crippen molar-refractivity contribution in [3.8, 4) is 0 Å². The first kappa shape index (κ1) is 19.9. The molecule has 4 heterocycles. The van der Waals surface area contributed by atoms with Crippen molar-refractivity contribution >= 4 is 52.6 Å². The molecule has 1 fully saturated rings. The van der Waals surface area contributed by atoms with Gasteiger partial charge in [-0.25, -0.2) is 4.79 Å². The van der Waals surface area contributed by atoms with Crippen LogP contribution in [0.5, 0.6) is 0 Å². The molecule has 10 nitrogen and oxygen atoms in total. The molecule has 2 atom stereocenters. The molecule has 13 heteroatoms. The number of carboxylic acid groups (broad SMARTS) is 1. The lowest BCUT2D eigenvalue weighted by Crippen LogP contribution is -2.70. The Bertz CT molecular complexity index is 1030. The number of hydrogen-bond acceptors (Lipinski definition) is 9. The summed E-state index contributed by atoms with van der Waals surface area (Å²) in [6.07, 6.45) is 1.63. The van der Waals surface area contributed by atoms with Gasteiger partial charge in [-0.2, -0.15) is 5.10 Å². The number of fused-ring (bicyclic) bond motifs is 1. The summed E-state index contributed by atoms with van der Waals surface area (Å²) in [5.74, 6) is -1.18. The predicted molar refractivity (Wildman–Crippen MR) is 108 cm³/mol. The number of β-lactam (4-membered cyclic amide) rings is 1. The van der Waals surface area contributed by atoms with Crippen molar-refractivity contribution in [1.29, 1.82) is 0 Å². The number of amides is 2. The Balaban J connectivity index is 1.48. The Morgan fingerprint density at radius 3 is 2.83 bits per heavy atom. The number of carbonyl (C=O) groups excluding carboxylic acids is 2. The van der Waals surface area contributed by atoms with Crippen LogP contribution in [0.3, 0.4) is 0 Å². The molecule has 0 spiro atoms. The van der Waals surface area contributed by atoms with Gasteiger partial charge in [0, 0.05) is 24.8 Å². The van der Waals surface area contributed by atoms with Gasteiger partial charge < -0.3 is 10.4 Å². The molecule has 0 saturated carbocycles. The minimum absolute atomic E-state index is 0.00387. The summed E-state index contributed by atoms with van der Waals surface area (Å²) >= 11 is 4.27. The zero-order valence-corrected chi connectivity index (χ0v) is 17.8. The van der Waals surface area contributed by atoms with Crippen molar-refractivity contribution in [3.05, 3.63) is 34.2 Å². The lowest BCUT2D eigenvalue weighted by molar-refractivity contribution is -0.148. The average molecular weight is 453 g/mol. The highest BCUT2D eigenvalue weighted by Crippen LogP contribution is 2.41. The molecule has 0 aliphatic carbocycles. The Hall–Kier alpha value is -2.38. The van der Waals surface area contributed by atoms with E-state index < -0.39 is 29.2 Å². The van der Waals surface area contributed by atoms with Crippen LogP contribution in [0.1, 0.15) is 15.5 Å². The monoisotopic (exact) mass is 452 g/mol. The molecule has 2 aromatic heterocycles. The molecular formula is C16H16N6O4S3. The smallest absolute Gasteiger partial charge is 0.352 e. The fraction of sp³-hybridized carbons (Fsp3) is 0.375. The lowest BCUT2D eigenvalue weighted by atomic mass is 10.0. The standard InChI is InChI=1S/C16H16N6O4S3/c1-7-18-19-16(29-7)28-6-8-5-27-14-10(13(24)22(14)11(8)15(25)26)17-12(23)9-3-4-21(2)20-9/h3-4,10,14H,5-6H2,1-2H3,(H,17,23)(H,25,26)/t10-,14-/m1/s1. The summed E-state index contributed by atoms with van der Waals surface area (Å²) in [7, 11) is 1.69. The molecule has 0 radical (unpaired) electrons. The van der Waals surface area contributed by atoms with Crippen molar-refractivity contribution in [2.45, 2.75) is 22.7 Å². The van der Waals surface area contributed by atoms with Crippen LogP contribution in [0.25, 0.3) is 0 Å². The second-order valence-corrected chi connectivity index (χ2v) is 9.88. The van der Waals surface area contributed by atoms with E-state index in [4.69, 9.17) is 0 Å². The Kier molecular flexibility index (Phi) is 5.36. The Labute approximate surface area is 177 Å². The third kappa shape index (κ3) is 3.76. The van der Waals surface area contributed by atoms with Gasteiger partial charge in [0.25, 0.3) is 11.8 Å². The number of nitrogens with zero attached hydrogens (tertiary/aromatic N) is 5. The molecule has 2 amide bonds. The minimum atomic E-state index is -1.15. The molecule has 0 bridgehead atoms. The fourth-order valence-corrected chi connectivity index (χ4v) is 6.33. The first-order valence-electron chi connectivity index (χ1n) is 8.48. The van der Waals surface area contributed by atoms with E-state index in [-0.39, 0.29) is 11.4 Å². The third-order valence-corrected chi connectivity index (χ3v) is 7.76. The van der Waals surface area contributed by atoms with Gasteiger partial charge in [0.2, 0.25) is 0 Å². The molecule has 4 rings (SSSR count). The predicted octanol–water partition coefficient (Wildman–Crippen LogP) is 0.725. The zero-order valence-electron chi connectivity index (χ0n) is 15.4. The maximum absolute atomic E-state index is 12.7. The van der Waals surface area contributed by atoms with Crippen LogP contribution in [0.15, 0.2) is 27.9 Å². The molecular weight excluding hydrogens is 436 g/mol. The number of carboxylic acids is 1. The zero-order chi connectivity index (χ0) is 20.7. The quantitative estimate of drug-likeness (QED) is 0.481. The van der Waals surface area contributed by atoms with E-state index in [1.807, 2.05) is 6.92 Å². The van der Waals surface area contributed by atoms with E-state index in [1.165, 1.54) is 44.4 Å². The first-order valence-corrected chi connectivity index (χ1v) is 11.3. The van der Waals surface area contributed by atoms with Crippen LogP contribution in [-0.4, -0.2) is 70.7 Å². The number of thioether (sulfide) groups is 2. The molecule has 2 aliphatic heterocycles.